The Morgan fingerprint density at radius 3 is 2.29 bits per heavy atom. The molecule has 2 atom stereocenters. The second-order valence-electron chi connectivity index (χ2n) is 7.61. The third-order valence-corrected chi connectivity index (χ3v) is 6.84. The highest BCUT2D eigenvalue weighted by Gasteiger charge is 2.29. The van der Waals surface area contributed by atoms with Crippen molar-refractivity contribution in [3.8, 4) is 0 Å². The zero-order chi connectivity index (χ0) is 23.0. The van der Waals surface area contributed by atoms with Crippen LogP contribution in [0.2, 0.25) is 10.0 Å². The Kier molecular flexibility index (Phi) is 10.2. The summed E-state index contributed by atoms with van der Waals surface area (Å²) in [5.74, 6) is 0.0192. The zero-order valence-corrected chi connectivity index (χ0v) is 20.8. The molecule has 168 valence electrons. The molecule has 31 heavy (non-hydrogen) atoms. The summed E-state index contributed by atoms with van der Waals surface area (Å²) in [4.78, 5) is 28.9. The number of amides is 2. The Morgan fingerprint density at radius 2 is 1.71 bits per heavy atom. The van der Waals surface area contributed by atoms with Gasteiger partial charge in [-0.2, -0.15) is 0 Å². The van der Waals surface area contributed by atoms with Gasteiger partial charge in [-0.05, 0) is 56.5 Å². The van der Waals surface area contributed by atoms with E-state index < -0.39 is 6.04 Å². The number of carbonyl (C=O) groups is 2. The van der Waals surface area contributed by atoms with Crippen LogP contribution in [0.25, 0.3) is 0 Å². The number of halogens is 2. The van der Waals surface area contributed by atoms with Crippen LogP contribution < -0.4 is 5.32 Å². The largest absolute Gasteiger partial charge is 0.352 e. The number of hydrogen-bond acceptors (Lipinski definition) is 3. The average Bonchev–Trinajstić information content (AvgIpc) is 2.75. The van der Waals surface area contributed by atoms with Gasteiger partial charge in [-0.3, -0.25) is 9.59 Å². The minimum absolute atomic E-state index is 0.0467. The molecule has 7 heteroatoms. The van der Waals surface area contributed by atoms with Crippen molar-refractivity contribution in [1.82, 2.24) is 10.2 Å². The molecule has 0 aromatic heterocycles. The Morgan fingerprint density at radius 1 is 1.03 bits per heavy atom. The molecule has 0 aliphatic rings. The molecule has 1 N–H and O–H groups in total. The van der Waals surface area contributed by atoms with Gasteiger partial charge in [0, 0.05) is 17.5 Å². The molecule has 2 aromatic rings. The number of carbonyl (C=O) groups excluding carboxylic acids is 2. The summed E-state index contributed by atoms with van der Waals surface area (Å²) in [7, 11) is 0. The van der Waals surface area contributed by atoms with Gasteiger partial charge >= 0.3 is 0 Å². The van der Waals surface area contributed by atoms with Crippen molar-refractivity contribution in [3.63, 3.8) is 0 Å². The van der Waals surface area contributed by atoms with E-state index in [2.05, 4.69) is 5.32 Å². The van der Waals surface area contributed by atoms with Crippen LogP contribution >= 0.6 is 35.0 Å². The van der Waals surface area contributed by atoms with Crippen LogP contribution in [-0.2, 0) is 16.1 Å². The number of nitrogens with zero attached hydrogens (tertiary/aromatic N) is 1. The van der Waals surface area contributed by atoms with Crippen LogP contribution in [0, 0.1) is 6.92 Å². The number of hydrogen-bond donors (Lipinski definition) is 1. The highest BCUT2D eigenvalue weighted by atomic mass is 35.5. The summed E-state index contributed by atoms with van der Waals surface area (Å²) >= 11 is 13.7. The average molecular weight is 481 g/mol. The maximum atomic E-state index is 13.3. The lowest BCUT2D eigenvalue weighted by Gasteiger charge is -2.31. The van der Waals surface area contributed by atoms with Gasteiger partial charge in [0.1, 0.15) is 6.04 Å². The van der Waals surface area contributed by atoms with Crippen molar-refractivity contribution in [2.24, 2.45) is 0 Å². The first-order chi connectivity index (χ1) is 14.7. The van der Waals surface area contributed by atoms with E-state index in [1.54, 1.807) is 17.0 Å². The maximum Gasteiger partial charge on any atom is 0.243 e. The molecule has 0 fully saturated rings. The van der Waals surface area contributed by atoms with E-state index in [4.69, 9.17) is 23.2 Å². The van der Waals surface area contributed by atoms with Crippen molar-refractivity contribution in [2.75, 3.05) is 5.75 Å². The Balaban J connectivity index is 2.23. The minimum Gasteiger partial charge on any atom is -0.352 e. The topological polar surface area (TPSA) is 49.4 Å². The Labute approximate surface area is 199 Å². The van der Waals surface area contributed by atoms with E-state index in [1.165, 1.54) is 17.3 Å². The summed E-state index contributed by atoms with van der Waals surface area (Å²) in [6, 6.07) is 12.8. The van der Waals surface area contributed by atoms with Crippen molar-refractivity contribution in [3.05, 3.63) is 63.6 Å². The fraction of sp³-hybridized carbons (Fsp3) is 0.417. The lowest BCUT2D eigenvalue weighted by molar-refractivity contribution is -0.139. The van der Waals surface area contributed by atoms with Gasteiger partial charge in [0.15, 0.2) is 0 Å². The summed E-state index contributed by atoms with van der Waals surface area (Å²) in [6.45, 7) is 8.21. The molecule has 0 spiro atoms. The lowest BCUT2D eigenvalue weighted by atomic mass is 10.1. The summed E-state index contributed by atoms with van der Waals surface area (Å²) in [6.07, 6.45) is 1.34. The molecule has 0 heterocycles. The molecule has 2 amide bonds. The second kappa shape index (κ2) is 12.4. The van der Waals surface area contributed by atoms with Crippen molar-refractivity contribution in [2.45, 2.75) is 64.1 Å². The SMILES string of the molecule is CCC(C)NC(=O)C(CC)N(Cc1ccc(Cl)c(Cl)c1)C(=O)CSc1ccc(C)cc1. The van der Waals surface area contributed by atoms with E-state index in [0.717, 1.165) is 16.9 Å². The third-order valence-electron chi connectivity index (χ3n) is 5.11. The first kappa shape index (κ1) is 25.6. The Hall–Kier alpha value is -1.69. The molecule has 2 aromatic carbocycles. The molecular weight excluding hydrogens is 451 g/mol. The van der Waals surface area contributed by atoms with E-state index in [-0.39, 0.29) is 30.2 Å². The monoisotopic (exact) mass is 480 g/mol. The molecule has 0 saturated heterocycles. The minimum atomic E-state index is -0.561. The summed E-state index contributed by atoms with van der Waals surface area (Å²) in [5.41, 5.74) is 2.00. The molecule has 0 radical (unpaired) electrons. The highest BCUT2D eigenvalue weighted by Crippen LogP contribution is 2.25. The second-order valence-corrected chi connectivity index (χ2v) is 9.48. The molecule has 2 rings (SSSR count). The van der Waals surface area contributed by atoms with Gasteiger partial charge in [0.25, 0.3) is 0 Å². The normalized spacial score (nSPS) is 12.8. The molecular formula is C24H30Cl2N2O2S. The Bertz CT molecular complexity index is 890. The molecule has 2 unspecified atom stereocenters. The zero-order valence-electron chi connectivity index (χ0n) is 18.5. The van der Waals surface area contributed by atoms with Gasteiger partial charge in [-0.25, -0.2) is 0 Å². The fourth-order valence-electron chi connectivity index (χ4n) is 3.06. The maximum absolute atomic E-state index is 13.3. The highest BCUT2D eigenvalue weighted by molar-refractivity contribution is 8.00. The predicted octanol–water partition coefficient (Wildman–Crippen LogP) is 6.12. The van der Waals surface area contributed by atoms with Gasteiger partial charge in [-0.15, -0.1) is 11.8 Å². The molecule has 0 aliphatic carbocycles. The van der Waals surface area contributed by atoms with Crippen molar-refractivity contribution in [1.29, 1.82) is 0 Å². The number of thioether (sulfide) groups is 1. The van der Waals surface area contributed by atoms with Gasteiger partial charge in [-0.1, -0.05) is 60.8 Å². The van der Waals surface area contributed by atoms with Crippen LogP contribution in [0.15, 0.2) is 47.4 Å². The molecule has 0 saturated carbocycles. The third kappa shape index (κ3) is 7.74. The lowest BCUT2D eigenvalue weighted by Crippen LogP contribution is -2.51. The number of rotatable bonds is 10. The van der Waals surface area contributed by atoms with Crippen molar-refractivity contribution < 1.29 is 9.59 Å². The van der Waals surface area contributed by atoms with Crippen LogP contribution in [0.1, 0.15) is 44.7 Å². The fourth-order valence-corrected chi connectivity index (χ4v) is 4.16. The predicted molar refractivity (Wildman–Crippen MR) is 131 cm³/mol. The van der Waals surface area contributed by atoms with Crippen LogP contribution in [0.3, 0.4) is 0 Å². The number of benzene rings is 2. The van der Waals surface area contributed by atoms with Crippen LogP contribution in [0.5, 0.6) is 0 Å². The van der Waals surface area contributed by atoms with E-state index >= 15 is 0 Å². The van der Waals surface area contributed by atoms with E-state index in [0.29, 0.717) is 16.5 Å². The molecule has 0 bridgehead atoms. The van der Waals surface area contributed by atoms with E-state index in [9.17, 15) is 9.59 Å². The van der Waals surface area contributed by atoms with Crippen molar-refractivity contribution >= 4 is 46.8 Å². The standard InChI is InChI=1S/C24H30Cl2N2O2S/c1-5-17(4)27-24(30)22(6-2)28(14-18-9-12-20(25)21(26)13-18)23(29)15-31-19-10-7-16(3)8-11-19/h7-13,17,22H,5-6,14-15H2,1-4H3,(H,27,30). The van der Waals surface area contributed by atoms with Gasteiger partial charge < -0.3 is 10.2 Å². The number of nitrogens with one attached hydrogen (secondary N) is 1. The molecule has 4 nitrogen and oxygen atoms in total. The van der Waals surface area contributed by atoms with Gasteiger partial charge in [0.2, 0.25) is 11.8 Å². The van der Waals surface area contributed by atoms with E-state index in [1.807, 2.05) is 58.0 Å². The molecule has 0 aliphatic heterocycles. The van der Waals surface area contributed by atoms with Crippen LogP contribution in [-0.4, -0.2) is 34.6 Å². The summed E-state index contributed by atoms with van der Waals surface area (Å²) < 4.78 is 0. The number of aryl methyl sites for hydroxylation is 1. The van der Waals surface area contributed by atoms with Gasteiger partial charge in [0.05, 0.1) is 15.8 Å². The summed E-state index contributed by atoms with van der Waals surface area (Å²) in [5, 5.41) is 3.90. The smallest absolute Gasteiger partial charge is 0.243 e. The first-order valence-electron chi connectivity index (χ1n) is 10.5. The first-order valence-corrected chi connectivity index (χ1v) is 12.2. The van der Waals surface area contributed by atoms with Crippen LogP contribution in [0.4, 0.5) is 0 Å². The quantitative estimate of drug-likeness (QED) is 0.416.